The molecule has 2 rings (SSSR count). The van der Waals surface area contributed by atoms with Gasteiger partial charge in [-0.05, 0) is 30.5 Å². The van der Waals surface area contributed by atoms with Crippen molar-refractivity contribution in [3.63, 3.8) is 0 Å². The minimum atomic E-state index is -0.378. The van der Waals surface area contributed by atoms with Crippen LogP contribution in [-0.4, -0.2) is 30.9 Å². The first-order valence-electron chi connectivity index (χ1n) is 7.21. The molecule has 0 radical (unpaired) electrons. The summed E-state index contributed by atoms with van der Waals surface area (Å²) in [6, 6.07) is 4.72. The van der Waals surface area contributed by atoms with Gasteiger partial charge in [0.25, 0.3) is 5.91 Å². The lowest BCUT2D eigenvalue weighted by atomic mass is 10.1. The molecule has 22 heavy (non-hydrogen) atoms. The fourth-order valence-corrected chi connectivity index (χ4v) is 1.96. The molecule has 0 aromatic heterocycles. The largest absolute Gasteiger partial charge is 0.482 e. The lowest BCUT2D eigenvalue weighted by Gasteiger charge is -2.18. The van der Waals surface area contributed by atoms with Gasteiger partial charge in [0.05, 0.1) is 5.69 Å². The minimum absolute atomic E-state index is 0.0340. The molecule has 0 aliphatic carbocycles. The normalized spacial score (nSPS) is 13.1. The number of anilines is 1. The Kier molecular flexibility index (Phi) is 5.14. The lowest BCUT2D eigenvalue weighted by Crippen LogP contribution is -2.25. The van der Waals surface area contributed by atoms with Crippen molar-refractivity contribution in [2.45, 2.75) is 26.7 Å². The molecule has 1 aromatic rings. The zero-order chi connectivity index (χ0) is 16.1. The number of ketones is 1. The molecule has 0 atom stereocenters. The van der Waals surface area contributed by atoms with Gasteiger partial charge in [-0.3, -0.25) is 14.4 Å². The van der Waals surface area contributed by atoms with E-state index in [1.54, 1.807) is 12.1 Å². The Bertz CT molecular complexity index is 594. The van der Waals surface area contributed by atoms with Crippen molar-refractivity contribution in [3.8, 4) is 5.75 Å². The molecule has 0 bridgehead atoms. The van der Waals surface area contributed by atoms with Crippen LogP contribution in [0.4, 0.5) is 5.69 Å². The second-order valence-electron chi connectivity index (χ2n) is 5.56. The van der Waals surface area contributed by atoms with E-state index in [2.05, 4.69) is 5.32 Å². The first kappa shape index (κ1) is 16.0. The maximum absolute atomic E-state index is 12.0. The van der Waals surface area contributed by atoms with Crippen molar-refractivity contribution in [1.82, 2.24) is 0 Å². The number of hydrogen-bond acceptors (Lipinski definition) is 5. The van der Waals surface area contributed by atoms with Crippen LogP contribution in [0.5, 0.6) is 5.75 Å². The second-order valence-corrected chi connectivity index (χ2v) is 5.56. The minimum Gasteiger partial charge on any atom is -0.482 e. The van der Waals surface area contributed by atoms with E-state index >= 15 is 0 Å². The molecule has 1 aromatic carbocycles. The summed E-state index contributed by atoms with van der Waals surface area (Å²) in [6.07, 6.45) is 1.04. The third-order valence-corrected chi connectivity index (χ3v) is 3.22. The fraction of sp³-hybridized carbons (Fsp3) is 0.438. The van der Waals surface area contributed by atoms with Gasteiger partial charge in [-0.2, -0.15) is 0 Å². The number of rotatable bonds is 6. The van der Waals surface area contributed by atoms with E-state index in [1.807, 2.05) is 13.8 Å². The average Bonchev–Trinajstić information content (AvgIpc) is 2.49. The van der Waals surface area contributed by atoms with E-state index in [4.69, 9.17) is 9.47 Å². The van der Waals surface area contributed by atoms with E-state index in [1.165, 1.54) is 6.07 Å². The highest BCUT2D eigenvalue weighted by Crippen LogP contribution is 2.28. The van der Waals surface area contributed by atoms with E-state index in [0.717, 1.165) is 6.42 Å². The molecule has 1 aliphatic heterocycles. The van der Waals surface area contributed by atoms with Crippen LogP contribution in [0.1, 0.15) is 37.0 Å². The summed E-state index contributed by atoms with van der Waals surface area (Å²) in [6.45, 7) is 3.70. The highest BCUT2D eigenvalue weighted by Gasteiger charge is 2.18. The van der Waals surface area contributed by atoms with Crippen molar-refractivity contribution < 1.29 is 23.9 Å². The van der Waals surface area contributed by atoms with Crippen molar-refractivity contribution in [3.05, 3.63) is 23.8 Å². The van der Waals surface area contributed by atoms with E-state index in [0.29, 0.717) is 29.3 Å². The van der Waals surface area contributed by atoms with Gasteiger partial charge < -0.3 is 14.8 Å². The number of benzene rings is 1. The molecule has 1 amide bonds. The van der Waals surface area contributed by atoms with Crippen LogP contribution in [0, 0.1) is 5.92 Å². The maximum atomic E-state index is 12.0. The lowest BCUT2D eigenvalue weighted by molar-refractivity contribution is -0.142. The first-order chi connectivity index (χ1) is 10.5. The quantitative estimate of drug-likeness (QED) is 0.643. The molecular formula is C16H19NO5. The highest BCUT2D eigenvalue weighted by atomic mass is 16.5. The number of fused-ring (bicyclic) bond motifs is 1. The molecule has 0 spiro atoms. The number of nitrogens with one attached hydrogen (secondary N) is 1. The molecule has 0 unspecified atom stereocenters. The number of esters is 1. The number of carbonyl (C=O) groups excluding carboxylic acids is 3. The van der Waals surface area contributed by atoms with Gasteiger partial charge in [0, 0.05) is 12.0 Å². The molecule has 0 fully saturated rings. The maximum Gasteiger partial charge on any atom is 0.306 e. The van der Waals surface area contributed by atoms with Crippen LogP contribution in [-0.2, 0) is 14.3 Å². The van der Waals surface area contributed by atoms with Crippen LogP contribution < -0.4 is 10.1 Å². The second kappa shape index (κ2) is 7.06. The van der Waals surface area contributed by atoms with Crippen LogP contribution >= 0.6 is 0 Å². The molecule has 1 heterocycles. The molecule has 0 saturated heterocycles. The number of carbonyl (C=O) groups is 3. The molecule has 0 saturated carbocycles. The molecule has 6 heteroatoms. The first-order valence-corrected chi connectivity index (χ1v) is 7.21. The van der Waals surface area contributed by atoms with Crippen molar-refractivity contribution in [1.29, 1.82) is 0 Å². The van der Waals surface area contributed by atoms with Crippen molar-refractivity contribution in [2.75, 3.05) is 18.5 Å². The zero-order valence-electron chi connectivity index (χ0n) is 12.7. The number of Topliss-reactive ketones (excluding diaryl/α,β-unsaturated/α-hetero) is 1. The third kappa shape index (κ3) is 4.31. The Hall–Kier alpha value is -2.37. The van der Waals surface area contributed by atoms with Gasteiger partial charge in [-0.15, -0.1) is 0 Å². The monoisotopic (exact) mass is 305 g/mol. The summed E-state index contributed by atoms with van der Waals surface area (Å²) in [5.41, 5.74) is 0.814. The van der Waals surface area contributed by atoms with Crippen LogP contribution in [0.25, 0.3) is 0 Å². The Morgan fingerprint density at radius 2 is 2.14 bits per heavy atom. The molecule has 1 N–H and O–H groups in total. The summed E-state index contributed by atoms with van der Waals surface area (Å²) >= 11 is 0. The van der Waals surface area contributed by atoms with Crippen molar-refractivity contribution >= 4 is 23.3 Å². The molecule has 1 aliphatic rings. The third-order valence-electron chi connectivity index (χ3n) is 3.22. The summed E-state index contributed by atoms with van der Waals surface area (Å²) in [5.74, 6) is -0.0352. The predicted molar refractivity (Wildman–Crippen MR) is 79.9 cm³/mol. The van der Waals surface area contributed by atoms with Gasteiger partial charge >= 0.3 is 5.97 Å². The van der Waals surface area contributed by atoms with Crippen LogP contribution in [0.2, 0.25) is 0 Å². The standard InChI is InChI=1S/C16H19NO5/c1-10(2)3-6-16(20)22-8-13(18)11-4-5-14-12(7-11)17-15(19)9-21-14/h4-5,7,10H,3,6,8-9H2,1-2H3,(H,17,19). The smallest absolute Gasteiger partial charge is 0.306 e. The topological polar surface area (TPSA) is 81.7 Å². The Labute approximate surface area is 128 Å². The summed E-state index contributed by atoms with van der Waals surface area (Å²) < 4.78 is 10.2. The number of ether oxygens (including phenoxy) is 2. The van der Waals surface area contributed by atoms with Crippen LogP contribution in [0.3, 0.4) is 0 Å². The average molecular weight is 305 g/mol. The van der Waals surface area contributed by atoms with Gasteiger partial charge in [0.15, 0.2) is 19.0 Å². The Morgan fingerprint density at radius 1 is 1.36 bits per heavy atom. The van der Waals surface area contributed by atoms with Crippen LogP contribution in [0.15, 0.2) is 18.2 Å². The van der Waals surface area contributed by atoms with E-state index in [-0.39, 0.29) is 30.9 Å². The van der Waals surface area contributed by atoms with Gasteiger partial charge in [-0.1, -0.05) is 13.8 Å². The summed E-state index contributed by atoms with van der Waals surface area (Å²) in [5, 5.41) is 2.63. The van der Waals surface area contributed by atoms with Crippen molar-refractivity contribution in [2.24, 2.45) is 5.92 Å². The summed E-state index contributed by atoms with van der Waals surface area (Å²) in [7, 11) is 0. The molecular weight excluding hydrogens is 286 g/mol. The number of hydrogen-bond donors (Lipinski definition) is 1. The predicted octanol–water partition coefficient (Wildman–Crippen LogP) is 2.18. The summed E-state index contributed by atoms with van der Waals surface area (Å²) in [4.78, 5) is 34.8. The molecule has 6 nitrogen and oxygen atoms in total. The van der Waals surface area contributed by atoms with E-state index < -0.39 is 0 Å². The SMILES string of the molecule is CC(C)CCC(=O)OCC(=O)c1ccc2c(c1)NC(=O)CO2. The molecule has 118 valence electrons. The number of amides is 1. The highest BCUT2D eigenvalue weighted by molar-refractivity contribution is 6.01. The Morgan fingerprint density at radius 3 is 2.86 bits per heavy atom. The van der Waals surface area contributed by atoms with Gasteiger partial charge in [-0.25, -0.2) is 0 Å². The fourth-order valence-electron chi connectivity index (χ4n) is 1.96. The van der Waals surface area contributed by atoms with Gasteiger partial charge in [0.1, 0.15) is 5.75 Å². The van der Waals surface area contributed by atoms with Gasteiger partial charge in [0.2, 0.25) is 0 Å². The zero-order valence-corrected chi connectivity index (χ0v) is 12.7. The Balaban J connectivity index is 1.91. The van der Waals surface area contributed by atoms with E-state index in [9.17, 15) is 14.4 Å².